The number of hydrogen-bond acceptors (Lipinski definition) is 10. The van der Waals surface area contributed by atoms with Crippen molar-refractivity contribution in [3.8, 4) is 5.75 Å². The zero-order chi connectivity index (χ0) is 16.8. The number of phenols is 1. The van der Waals surface area contributed by atoms with Crippen LogP contribution in [0.5, 0.6) is 5.75 Å². The Labute approximate surface area is 150 Å². The van der Waals surface area contributed by atoms with Gasteiger partial charge in [-0.15, -0.1) is 9.45 Å². The summed E-state index contributed by atoms with van der Waals surface area (Å²) in [5.74, 6) is -0.115. The second-order valence-corrected chi connectivity index (χ2v) is 5.19. The molecule has 0 unspecified atom stereocenters. The van der Waals surface area contributed by atoms with Gasteiger partial charge in [0.15, 0.2) is 12.4 Å². The average Bonchev–Trinajstić information content (AvgIpc) is 2.53. The quantitative estimate of drug-likeness (QED) is 0.209. The van der Waals surface area contributed by atoms with E-state index < -0.39 is 0 Å². The fraction of sp³-hybridized carbons (Fsp3) is 0.333. The highest BCUT2D eigenvalue weighted by atomic mass is 32.2. The Hall–Kier alpha value is -2.27. The summed E-state index contributed by atoms with van der Waals surface area (Å²) >= 11 is 0.679. The van der Waals surface area contributed by atoms with Crippen LogP contribution in [0.2, 0.25) is 0 Å². The second-order valence-electron chi connectivity index (χ2n) is 4.45. The van der Waals surface area contributed by atoms with Crippen LogP contribution in [0.15, 0.2) is 43.6 Å². The van der Waals surface area contributed by atoms with Crippen LogP contribution in [0.4, 0.5) is 11.4 Å². The highest BCUT2D eigenvalue weighted by Crippen LogP contribution is 2.44. The van der Waals surface area contributed by atoms with Gasteiger partial charge in [-0.2, -0.15) is 15.3 Å². The Bertz CT molecular complexity index is 767. The lowest BCUT2D eigenvalue weighted by molar-refractivity contribution is -0.432. The molecule has 0 fully saturated rings. The molecule has 25 heavy (non-hydrogen) atoms. The molecule has 0 radical (unpaired) electrons. The van der Waals surface area contributed by atoms with Gasteiger partial charge in [0, 0.05) is 18.1 Å². The van der Waals surface area contributed by atoms with Gasteiger partial charge >= 0.3 is 0 Å². The van der Waals surface area contributed by atoms with E-state index in [1.807, 2.05) is 13.0 Å². The first-order chi connectivity index (χ1) is 11.1. The van der Waals surface area contributed by atoms with Crippen molar-refractivity contribution in [2.75, 3.05) is 19.5 Å². The van der Waals surface area contributed by atoms with E-state index in [4.69, 9.17) is 11.0 Å². The minimum atomic E-state index is -0.115. The summed E-state index contributed by atoms with van der Waals surface area (Å²) in [4.78, 5) is 0.394. The number of nitrogen functional groups attached to an aromatic ring is 1. The highest BCUT2D eigenvalue weighted by Gasteiger charge is 2.15. The van der Waals surface area contributed by atoms with Gasteiger partial charge in [-0.1, -0.05) is 19.9 Å². The summed E-state index contributed by atoms with van der Waals surface area (Å²) in [5, 5.41) is 38.6. The van der Waals surface area contributed by atoms with Gasteiger partial charge in [-0.3, -0.25) is 0 Å². The number of benzene rings is 2. The molecule has 2 rings (SSSR count). The van der Waals surface area contributed by atoms with Crippen molar-refractivity contribution >= 4 is 34.2 Å². The Morgan fingerprint density at radius 1 is 1.20 bits per heavy atom. The summed E-state index contributed by atoms with van der Waals surface area (Å²) < 4.78 is 4.44. The number of aryl methyl sites for hydroxylation is 1. The van der Waals surface area contributed by atoms with Gasteiger partial charge in [0.1, 0.15) is 5.69 Å². The Morgan fingerprint density at radius 2 is 1.92 bits per heavy atom. The lowest BCUT2D eigenvalue weighted by atomic mass is 10.0. The number of hydrogen-bond donors (Lipinski definition) is 3. The van der Waals surface area contributed by atoms with Crippen molar-refractivity contribution in [2.24, 2.45) is 20.5 Å². The minimum Gasteiger partial charge on any atom is -0.505 e. The third kappa shape index (κ3) is 5.36. The molecule has 0 saturated heterocycles. The van der Waals surface area contributed by atoms with E-state index in [1.165, 1.54) is 7.05 Å². The number of nitrogens with zero attached hydrogens (tertiary/aromatic N) is 4. The first kappa shape index (κ1) is 22.7. The van der Waals surface area contributed by atoms with E-state index in [1.54, 1.807) is 12.1 Å². The van der Waals surface area contributed by atoms with Crippen LogP contribution in [0, 0.1) is 6.92 Å². The minimum absolute atomic E-state index is 0. The molecule has 0 saturated carbocycles. The highest BCUT2D eigenvalue weighted by molar-refractivity contribution is 7.94. The van der Waals surface area contributed by atoms with Crippen LogP contribution in [0.25, 0.3) is 10.8 Å². The molecule has 2 aromatic rings. The van der Waals surface area contributed by atoms with Crippen molar-refractivity contribution in [3.63, 3.8) is 0 Å². The first-order valence-corrected chi connectivity index (χ1v) is 7.16. The largest absolute Gasteiger partial charge is 0.505 e. The lowest BCUT2D eigenvalue weighted by Crippen LogP contribution is -1.90. The third-order valence-electron chi connectivity index (χ3n) is 3.03. The van der Waals surface area contributed by atoms with Crippen LogP contribution in [0.3, 0.4) is 0 Å². The Kier molecular flexibility index (Phi) is 9.61. The molecule has 9 nitrogen and oxygen atoms in total. The van der Waals surface area contributed by atoms with Crippen LogP contribution < -0.4 is 5.73 Å². The van der Waals surface area contributed by atoms with E-state index in [9.17, 15) is 5.11 Å². The van der Waals surface area contributed by atoms with Gasteiger partial charge in [0.2, 0.25) is 0 Å². The molecule has 10 heteroatoms. The van der Waals surface area contributed by atoms with Gasteiger partial charge in [0.25, 0.3) is 0 Å². The molecule has 0 amide bonds. The van der Waals surface area contributed by atoms with Gasteiger partial charge < -0.3 is 10.8 Å². The molecule has 0 aliphatic rings. The number of nitrogens with two attached hydrogens (primary N) is 1. The molecule has 0 aliphatic heterocycles. The first-order valence-electron chi connectivity index (χ1n) is 6.42. The SMILES string of the molecule is C.C.CN=NCN=Nc1c(SOOO)cc2cc(C)c(N)cc2c1O. The molecule has 0 atom stereocenters. The molecule has 2 aromatic carbocycles. The van der Waals surface area contributed by atoms with Crippen molar-refractivity contribution in [2.45, 2.75) is 26.7 Å². The second kappa shape index (κ2) is 10.6. The predicted molar refractivity (Wildman–Crippen MR) is 99.0 cm³/mol. The zero-order valence-corrected chi connectivity index (χ0v) is 13.2. The number of azo groups is 2. The molecule has 0 heterocycles. The van der Waals surface area contributed by atoms with Gasteiger partial charge in [0.05, 0.1) is 16.9 Å². The Balaban J connectivity index is 0.00000288. The summed E-state index contributed by atoms with van der Waals surface area (Å²) in [6.45, 7) is 1.88. The number of phenolic OH excluding ortho intramolecular Hbond substituents is 1. The van der Waals surface area contributed by atoms with Crippen molar-refractivity contribution in [1.82, 2.24) is 0 Å². The van der Waals surface area contributed by atoms with E-state index >= 15 is 0 Å². The van der Waals surface area contributed by atoms with E-state index in [0.717, 1.165) is 10.9 Å². The molecule has 4 N–H and O–H groups in total. The van der Waals surface area contributed by atoms with Crippen molar-refractivity contribution in [1.29, 1.82) is 0 Å². The van der Waals surface area contributed by atoms with Crippen LogP contribution in [-0.4, -0.2) is 24.1 Å². The monoisotopic (exact) mass is 369 g/mol. The third-order valence-corrected chi connectivity index (χ3v) is 3.65. The molecule has 138 valence electrons. The molecule has 0 aromatic heterocycles. The van der Waals surface area contributed by atoms with Crippen LogP contribution >= 0.6 is 12.0 Å². The number of anilines is 1. The summed E-state index contributed by atoms with van der Waals surface area (Å²) in [5.41, 5.74) is 7.45. The van der Waals surface area contributed by atoms with Crippen LogP contribution in [-0.2, 0) is 9.37 Å². The Morgan fingerprint density at radius 3 is 2.56 bits per heavy atom. The molecule has 0 aliphatic carbocycles. The summed E-state index contributed by atoms with van der Waals surface area (Å²) in [6.07, 6.45) is 0. The molecule has 0 spiro atoms. The normalized spacial score (nSPS) is 11.0. The van der Waals surface area contributed by atoms with E-state index in [-0.39, 0.29) is 33.0 Å². The molecule has 0 bridgehead atoms. The average molecular weight is 369 g/mol. The summed E-state index contributed by atoms with van der Waals surface area (Å²) in [6, 6.07) is 5.18. The predicted octanol–water partition coefficient (Wildman–Crippen LogP) is 5.26. The maximum Gasteiger partial charge on any atom is 0.171 e. The number of aromatic hydroxyl groups is 1. The lowest BCUT2D eigenvalue weighted by Gasteiger charge is -2.10. The standard InChI is InChI=1S/C13H15N5O4S.2CH4/c1-7-3-8-4-11(23-22-21-20)12(18-17-6-16-15-2)13(19)9(8)5-10(7)14;;/h3-5,19-20H,6,14H2,1-2H3;2*1H4. The topological polar surface area (TPSA) is 134 Å². The van der Waals surface area contributed by atoms with Crippen molar-refractivity contribution in [3.05, 3.63) is 23.8 Å². The van der Waals surface area contributed by atoms with Crippen molar-refractivity contribution < 1.29 is 19.7 Å². The van der Waals surface area contributed by atoms with Gasteiger partial charge in [-0.05, 0) is 36.1 Å². The smallest absolute Gasteiger partial charge is 0.171 e. The molecular formula is C15H23N5O4S. The number of fused-ring (bicyclic) bond motifs is 1. The molecular weight excluding hydrogens is 346 g/mol. The fourth-order valence-corrected chi connectivity index (χ4v) is 2.43. The zero-order valence-electron chi connectivity index (χ0n) is 12.4. The van der Waals surface area contributed by atoms with E-state index in [0.29, 0.717) is 28.0 Å². The fourth-order valence-electron chi connectivity index (χ4n) is 1.93. The maximum absolute atomic E-state index is 10.5. The maximum atomic E-state index is 10.5. The number of rotatable bonds is 6. The van der Waals surface area contributed by atoms with Crippen LogP contribution in [0.1, 0.15) is 20.4 Å². The summed E-state index contributed by atoms with van der Waals surface area (Å²) in [7, 11) is 1.52. The van der Waals surface area contributed by atoms with E-state index in [2.05, 4.69) is 29.8 Å². The van der Waals surface area contributed by atoms with Gasteiger partial charge in [-0.25, -0.2) is 5.26 Å².